The molecule has 156 valence electrons. The van der Waals surface area contributed by atoms with Gasteiger partial charge in [0.2, 0.25) is 5.91 Å². The van der Waals surface area contributed by atoms with Gasteiger partial charge < -0.3 is 19.7 Å². The van der Waals surface area contributed by atoms with Crippen molar-refractivity contribution in [2.24, 2.45) is 0 Å². The molecule has 30 heavy (non-hydrogen) atoms. The topological polar surface area (TPSA) is 102 Å². The Morgan fingerprint density at radius 2 is 1.77 bits per heavy atom. The van der Waals surface area contributed by atoms with E-state index >= 15 is 0 Å². The summed E-state index contributed by atoms with van der Waals surface area (Å²) >= 11 is 0. The van der Waals surface area contributed by atoms with Crippen LogP contribution in [0.1, 0.15) is 40.5 Å². The van der Waals surface area contributed by atoms with Crippen molar-refractivity contribution in [1.29, 1.82) is 0 Å². The first-order valence-electron chi connectivity index (χ1n) is 9.52. The molecule has 1 N–H and O–H groups in total. The number of likely N-dealkylation sites (N-methyl/N-ethyl adjacent to an activating group) is 1. The maximum Gasteiger partial charge on any atom is 0.338 e. The average molecular weight is 410 g/mol. The summed E-state index contributed by atoms with van der Waals surface area (Å²) < 4.78 is 10.3. The number of Topliss-reactive ketones (excluding diaryl/α,β-unsaturated/α-hetero) is 1. The Hall–Kier alpha value is -3.68. The molecule has 8 heteroatoms. The zero-order valence-electron chi connectivity index (χ0n) is 16.8. The summed E-state index contributed by atoms with van der Waals surface area (Å²) in [6.07, 6.45) is 0.0187. The van der Waals surface area contributed by atoms with E-state index in [0.29, 0.717) is 28.3 Å². The molecule has 0 spiro atoms. The van der Waals surface area contributed by atoms with Gasteiger partial charge in [0, 0.05) is 31.1 Å². The summed E-state index contributed by atoms with van der Waals surface area (Å²) in [5.41, 5.74) is 1.85. The molecule has 0 fully saturated rings. The maximum atomic E-state index is 12.5. The molecule has 1 aliphatic heterocycles. The van der Waals surface area contributed by atoms with E-state index < -0.39 is 5.97 Å². The van der Waals surface area contributed by atoms with Gasteiger partial charge >= 0.3 is 5.97 Å². The Labute approximate surface area is 173 Å². The highest BCUT2D eigenvalue weighted by Crippen LogP contribution is 2.32. The molecule has 2 amide bonds. The van der Waals surface area contributed by atoms with Crippen molar-refractivity contribution < 1.29 is 28.7 Å². The highest BCUT2D eigenvalue weighted by atomic mass is 16.5. The van der Waals surface area contributed by atoms with Gasteiger partial charge in [-0.2, -0.15) is 0 Å². The highest BCUT2D eigenvalue weighted by molar-refractivity contribution is 6.03. The number of carbonyl (C=O) groups is 4. The Balaban J connectivity index is 1.55. The number of amides is 2. The van der Waals surface area contributed by atoms with E-state index in [-0.39, 0.29) is 43.7 Å². The van der Waals surface area contributed by atoms with Crippen LogP contribution in [-0.4, -0.2) is 43.8 Å². The summed E-state index contributed by atoms with van der Waals surface area (Å²) in [5, 5.41) is 2.69. The predicted octanol–water partition coefficient (Wildman–Crippen LogP) is 2.82. The number of nitrogens with zero attached hydrogens (tertiary/aromatic N) is 1. The number of ketones is 1. The lowest BCUT2D eigenvalue weighted by molar-refractivity contribution is -0.121. The number of rotatable bonds is 7. The fourth-order valence-electron chi connectivity index (χ4n) is 2.94. The predicted molar refractivity (Wildman–Crippen MR) is 110 cm³/mol. The number of hydrogen-bond donors (Lipinski definition) is 1. The zero-order valence-corrected chi connectivity index (χ0v) is 16.8. The normalized spacial score (nSPS) is 12.6. The van der Waals surface area contributed by atoms with Crippen LogP contribution in [0.25, 0.3) is 0 Å². The second-order valence-corrected chi connectivity index (χ2v) is 6.69. The van der Waals surface area contributed by atoms with Gasteiger partial charge in [0.05, 0.1) is 17.9 Å². The van der Waals surface area contributed by atoms with Crippen LogP contribution < -0.4 is 15.0 Å². The Bertz CT molecular complexity index is 984. The molecule has 2 aromatic rings. The fraction of sp³-hybridized carbons (Fsp3) is 0.273. The van der Waals surface area contributed by atoms with E-state index in [1.165, 1.54) is 4.90 Å². The average Bonchev–Trinajstić information content (AvgIpc) is 2.75. The van der Waals surface area contributed by atoms with Gasteiger partial charge in [-0.15, -0.1) is 0 Å². The van der Waals surface area contributed by atoms with Gasteiger partial charge in [0.15, 0.2) is 12.4 Å². The first-order chi connectivity index (χ1) is 14.4. The number of nitrogens with one attached hydrogen (secondary N) is 1. The lowest BCUT2D eigenvalue weighted by Crippen LogP contribution is -2.35. The van der Waals surface area contributed by atoms with E-state index in [9.17, 15) is 19.2 Å². The van der Waals surface area contributed by atoms with Crippen molar-refractivity contribution in [3.63, 3.8) is 0 Å². The third kappa shape index (κ3) is 4.83. The quantitative estimate of drug-likeness (QED) is 0.556. The van der Waals surface area contributed by atoms with Gasteiger partial charge in [-0.3, -0.25) is 14.4 Å². The number of benzene rings is 2. The molecule has 0 bridgehead atoms. The Morgan fingerprint density at radius 1 is 1.07 bits per heavy atom. The molecule has 8 nitrogen and oxygen atoms in total. The van der Waals surface area contributed by atoms with E-state index in [0.717, 1.165) is 0 Å². The van der Waals surface area contributed by atoms with Crippen molar-refractivity contribution in [2.45, 2.75) is 19.8 Å². The number of ether oxygens (including phenoxy) is 2. The van der Waals surface area contributed by atoms with Gasteiger partial charge in [-0.25, -0.2) is 4.79 Å². The minimum Gasteiger partial charge on any atom is -0.482 e. The lowest BCUT2D eigenvalue weighted by atomic mass is 10.0. The van der Waals surface area contributed by atoms with Gasteiger partial charge in [-0.05, 0) is 49.4 Å². The summed E-state index contributed by atoms with van der Waals surface area (Å²) in [5.74, 6) is -0.611. The molecule has 1 heterocycles. The molecule has 0 aromatic heterocycles. The van der Waals surface area contributed by atoms with Crippen molar-refractivity contribution >= 4 is 34.9 Å². The molecular formula is C22H22N2O6. The van der Waals surface area contributed by atoms with Crippen molar-refractivity contribution in [2.75, 3.05) is 30.5 Å². The van der Waals surface area contributed by atoms with Gasteiger partial charge in [-0.1, -0.05) is 0 Å². The summed E-state index contributed by atoms with van der Waals surface area (Å²) in [7, 11) is 1.62. The number of esters is 1. The van der Waals surface area contributed by atoms with E-state index in [1.54, 1.807) is 56.4 Å². The molecule has 0 aliphatic carbocycles. The minimum absolute atomic E-state index is 0.000809. The molecule has 0 saturated carbocycles. The van der Waals surface area contributed by atoms with Crippen LogP contribution >= 0.6 is 0 Å². The van der Waals surface area contributed by atoms with Crippen molar-refractivity contribution in [1.82, 2.24) is 0 Å². The maximum absolute atomic E-state index is 12.5. The van der Waals surface area contributed by atoms with E-state index in [1.807, 2.05) is 0 Å². The van der Waals surface area contributed by atoms with E-state index in [2.05, 4.69) is 5.32 Å². The largest absolute Gasteiger partial charge is 0.482 e. The third-order valence-corrected chi connectivity index (χ3v) is 4.63. The highest BCUT2D eigenvalue weighted by Gasteiger charge is 2.23. The fourth-order valence-corrected chi connectivity index (χ4v) is 2.94. The molecule has 0 atom stereocenters. The molecular weight excluding hydrogens is 388 g/mol. The molecule has 0 saturated heterocycles. The van der Waals surface area contributed by atoms with Crippen molar-refractivity contribution in [3.8, 4) is 5.75 Å². The standard InChI is InChI=1S/C22H22N2O6/c1-3-29-22(28)14-4-7-16(8-5-14)23-20(26)11-9-18(25)15-6-10-19-17(12-15)24(2)21(27)13-30-19/h4-8,10,12H,3,9,11,13H2,1-2H3,(H,23,26). The summed E-state index contributed by atoms with van der Waals surface area (Å²) in [6.45, 7) is 1.98. The van der Waals surface area contributed by atoms with Crippen LogP contribution in [0.15, 0.2) is 42.5 Å². The van der Waals surface area contributed by atoms with Gasteiger partial charge in [0.25, 0.3) is 5.91 Å². The lowest BCUT2D eigenvalue weighted by Gasteiger charge is -2.26. The Morgan fingerprint density at radius 3 is 2.47 bits per heavy atom. The molecule has 0 radical (unpaired) electrons. The molecule has 0 unspecified atom stereocenters. The molecule has 3 rings (SSSR count). The molecule has 1 aliphatic rings. The smallest absolute Gasteiger partial charge is 0.338 e. The number of anilines is 2. The first kappa shape index (κ1) is 21.0. The third-order valence-electron chi connectivity index (χ3n) is 4.63. The van der Waals surface area contributed by atoms with Crippen LogP contribution in [-0.2, 0) is 14.3 Å². The Kier molecular flexibility index (Phi) is 6.46. The van der Waals surface area contributed by atoms with Gasteiger partial charge in [0.1, 0.15) is 5.75 Å². The zero-order chi connectivity index (χ0) is 21.7. The molecule has 2 aromatic carbocycles. The monoisotopic (exact) mass is 410 g/mol. The number of carbonyl (C=O) groups excluding carboxylic acids is 4. The van der Waals surface area contributed by atoms with Crippen LogP contribution in [0.2, 0.25) is 0 Å². The first-order valence-corrected chi connectivity index (χ1v) is 9.52. The minimum atomic E-state index is -0.427. The second kappa shape index (κ2) is 9.21. The summed E-state index contributed by atoms with van der Waals surface area (Å²) in [6, 6.07) is 11.2. The number of hydrogen-bond acceptors (Lipinski definition) is 6. The SMILES string of the molecule is CCOC(=O)c1ccc(NC(=O)CCC(=O)c2ccc3c(c2)N(C)C(=O)CO3)cc1. The van der Waals surface area contributed by atoms with E-state index in [4.69, 9.17) is 9.47 Å². The van der Waals surface area contributed by atoms with Crippen LogP contribution in [0.5, 0.6) is 5.75 Å². The van der Waals surface area contributed by atoms with Crippen LogP contribution in [0, 0.1) is 0 Å². The summed E-state index contributed by atoms with van der Waals surface area (Å²) in [4.78, 5) is 49.5. The van der Waals surface area contributed by atoms with Crippen LogP contribution in [0.4, 0.5) is 11.4 Å². The second-order valence-electron chi connectivity index (χ2n) is 6.69. The van der Waals surface area contributed by atoms with Crippen molar-refractivity contribution in [3.05, 3.63) is 53.6 Å². The van der Waals surface area contributed by atoms with Crippen LogP contribution in [0.3, 0.4) is 0 Å². The number of fused-ring (bicyclic) bond motifs is 1.